The quantitative estimate of drug-likeness (QED) is 0.817. The topological polar surface area (TPSA) is 92.5 Å². The molecule has 27 heavy (non-hydrogen) atoms. The van der Waals surface area contributed by atoms with Crippen molar-refractivity contribution in [3.05, 3.63) is 59.7 Å². The van der Waals surface area contributed by atoms with Gasteiger partial charge < -0.3 is 11.1 Å². The van der Waals surface area contributed by atoms with Crippen LogP contribution in [-0.4, -0.2) is 23.8 Å². The number of nitrogens with two attached hydrogens (primary N) is 1. The zero-order chi connectivity index (χ0) is 19.0. The number of carbonyl (C=O) groups excluding carboxylic acids is 3. The molecule has 0 unspecified atom stereocenters. The summed E-state index contributed by atoms with van der Waals surface area (Å²) in [6.45, 7) is 0. The molecule has 1 saturated carbocycles. The molecule has 3 amide bonds. The number of nitrogens with one attached hydrogen (secondary N) is 1. The van der Waals surface area contributed by atoms with Gasteiger partial charge in [-0.15, -0.1) is 0 Å². The molecule has 0 radical (unpaired) electrons. The number of imide groups is 1. The Labute approximate surface area is 157 Å². The van der Waals surface area contributed by atoms with Crippen LogP contribution in [0.3, 0.4) is 0 Å². The van der Waals surface area contributed by atoms with Crippen molar-refractivity contribution in [3.63, 3.8) is 0 Å². The number of amides is 3. The highest BCUT2D eigenvalue weighted by atomic mass is 16.2. The molecule has 4 rings (SSSR count). The van der Waals surface area contributed by atoms with E-state index in [-0.39, 0.29) is 29.7 Å². The first-order valence-electron chi connectivity index (χ1n) is 9.18. The van der Waals surface area contributed by atoms with Crippen LogP contribution in [0.15, 0.2) is 48.5 Å². The molecule has 3 N–H and O–H groups in total. The highest BCUT2D eigenvalue weighted by Gasteiger charge is 2.36. The highest BCUT2D eigenvalue weighted by Crippen LogP contribution is 2.30. The maximum absolute atomic E-state index is 12.6. The van der Waals surface area contributed by atoms with E-state index < -0.39 is 0 Å². The van der Waals surface area contributed by atoms with Gasteiger partial charge >= 0.3 is 0 Å². The lowest BCUT2D eigenvalue weighted by Crippen LogP contribution is -2.29. The van der Waals surface area contributed by atoms with E-state index in [0.29, 0.717) is 28.9 Å². The van der Waals surface area contributed by atoms with Crippen molar-refractivity contribution in [2.45, 2.75) is 31.7 Å². The van der Waals surface area contributed by atoms with Crippen LogP contribution in [0.1, 0.15) is 46.4 Å². The van der Waals surface area contributed by atoms with E-state index in [9.17, 15) is 14.4 Å². The number of rotatable bonds is 4. The van der Waals surface area contributed by atoms with Crippen LogP contribution in [0.5, 0.6) is 0 Å². The fraction of sp³-hybridized carbons (Fsp3) is 0.286. The number of carbonyl (C=O) groups is 3. The molecule has 0 bridgehead atoms. The van der Waals surface area contributed by atoms with Crippen LogP contribution in [0.4, 0.5) is 11.4 Å². The molecular formula is C21H21N3O3. The Balaban J connectivity index is 1.51. The molecule has 1 aliphatic carbocycles. The zero-order valence-electron chi connectivity index (χ0n) is 14.9. The van der Waals surface area contributed by atoms with Gasteiger partial charge in [0.1, 0.15) is 0 Å². The van der Waals surface area contributed by atoms with Crippen molar-refractivity contribution in [2.75, 3.05) is 10.2 Å². The Kier molecular flexibility index (Phi) is 4.49. The van der Waals surface area contributed by atoms with Crippen molar-refractivity contribution >= 4 is 29.1 Å². The molecule has 6 heteroatoms. The summed E-state index contributed by atoms with van der Waals surface area (Å²) in [5, 5.41) is 2.86. The molecule has 0 aromatic heterocycles. The summed E-state index contributed by atoms with van der Waals surface area (Å²) in [7, 11) is 0. The third kappa shape index (κ3) is 3.24. The van der Waals surface area contributed by atoms with Crippen molar-refractivity contribution < 1.29 is 14.4 Å². The van der Waals surface area contributed by atoms with Gasteiger partial charge in [-0.2, -0.15) is 0 Å². The zero-order valence-corrected chi connectivity index (χ0v) is 14.9. The van der Waals surface area contributed by atoms with Crippen molar-refractivity contribution in [3.8, 4) is 0 Å². The Morgan fingerprint density at radius 3 is 2.37 bits per heavy atom. The second-order valence-corrected chi connectivity index (χ2v) is 7.15. The number of benzene rings is 2. The van der Waals surface area contributed by atoms with Gasteiger partial charge in [0.15, 0.2) is 0 Å². The molecule has 1 heterocycles. The molecule has 1 fully saturated rings. The molecule has 6 nitrogen and oxygen atoms in total. The first-order chi connectivity index (χ1) is 13.0. The minimum atomic E-state index is -0.351. The van der Waals surface area contributed by atoms with Crippen LogP contribution >= 0.6 is 0 Å². The lowest BCUT2D eigenvalue weighted by molar-refractivity contribution is -0.117. The van der Waals surface area contributed by atoms with Gasteiger partial charge in [-0.25, -0.2) is 4.90 Å². The van der Waals surface area contributed by atoms with Gasteiger partial charge in [-0.1, -0.05) is 24.6 Å². The molecular weight excluding hydrogens is 342 g/mol. The van der Waals surface area contributed by atoms with E-state index in [2.05, 4.69) is 5.32 Å². The number of hydrogen-bond acceptors (Lipinski definition) is 4. The third-order valence-electron chi connectivity index (χ3n) is 5.35. The molecule has 0 spiro atoms. The van der Waals surface area contributed by atoms with Gasteiger partial charge in [-0.05, 0) is 49.1 Å². The van der Waals surface area contributed by atoms with Crippen LogP contribution in [0.25, 0.3) is 0 Å². The second-order valence-electron chi connectivity index (χ2n) is 7.15. The largest absolute Gasteiger partial charge is 0.327 e. The third-order valence-corrected chi connectivity index (χ3v) is 5.35. The standard InChI is InChI=1S/C21H21N3O3/c22-18-10-3-5-13(18)11-19(25)23-14-6-4-7-15(12-14)24-20(26)16-8-1-2-9-17(16)21(24)27/h1-2,4,6-9,12-13,18H,3,5,10-11,22H2,(H,23,25)/t13-,18+/m0/s1. The van der Waals surface area contributed by atoms with Gasteiger partial charge in [-0.3, -0.25) is 14.4 Å². The average Bonchev–Trinajstić information content (AvgIpc) is 3.17. The summed E-state index contributed by atoms with van der Waals surface area (Å²) in [5.41, 5.74) is 7.83. The van der Waals surface area contributed by atoms with E-state index in [1.54, 1.807) is 48.5 Å². The molecule has 2 aliphatic rings. The maximum Gasteiger partial charge on any atom is 0.266 e. The lowest BCUT2D eigenvalue weighted by Gasteiger charge is -2.17. The van der Waals surface area contributed by atoms with Crippen LogP contribution in [-0.2, 0) is 4.79 Å². The summed E-state index contributed by atoms with van der Waals surface area (Å²) >= 11 is 0. The lowest BCUT2D eigenvalue weighted by atomic mass is 10.00. The maximum atomic E-state index is 12.6. The van der Waals surface area contributed by atoms with Gasteiger partial charge in [0.05, 0.1) is 16.8 Å². The van der Waals surface area contributed by atoms with Crippen molar-refractivity contribution in [2.24, 2.45) is 11.7 Å². The van der Waals surface area contributed by atoms with Gasteiger partial charge in [0.25, 0.3) is 11.8 Å². The summed E-state index contributed by atoms with van der Waals surface area (Å²) in [5.74, 6) is -0.590. The minimum Gasteiger partial charge on any atom is -0.327 e. The monoisotopic (exact) mass is 363 g/mol. The smallest absolute Gasteiger partial charge is 0.266 e. The second kappa shape index (κ2) is 6.96. The Morgan fingerprint density at radius 1 is 1.04 bits per heavy atom. The number of nitrogens with zero attached hydrogens (tertiary/aromatic N) is 1. The molecule has 2 atom stereocenters. The fourth-order valence-electron chi connectivity index (χ4n) is 3.92. The van der Waals surface area contributed by atoms with Crippen LogP contribution in [0, 0.1) is 5.92 Å². The first kappa shape index (κ1) is 17.4. The highest BCUT2D eigenvalue weighted by molar-refractivity contribution is 6.34. The SMILES string of the molecule is N[C@@H]1CCC[C@H]1CC(=O)Nc1cccc(N2C(=O)c3ccccc3C2=O)c1. The van der Waals surface area contributed by atoms with Crippen molar-refractivity contribution in [1.82, 2.24) is 0 Å². The molecule has 0 saturated heterocycles. The first-order valence-corrected chi connectivity index (χ1v) is 9.18. The van der Waals surface area contributed by atoms with Crippen LogP contribution in [0.2, 0.25) is 0 Å². The predicted octanol–water partition coefficient (Wildman–Crippen LogP) is 2.94. The Bertz CT molecular complexity index is 889. The molecule has 2 aromatic rings. The Hall–Kier alpha value is -2.99. The number of hydrogen-bond donors (Lipinski definition) is 2. The molecule has 138 valence electrons. The summed E-state index contributed by atoms with van der Waals surface area (Å²) in [4.78, 5) is 38.7. The fourth-order valence-corrected chi connectivity index (χ4v) is 3.92. The normalized spacial score (nSPS) is 21.4. The molecule has 2 aromatic carbocycles. The summed E-state index contributed by atoms with van der Waals surface area (Å²) in [6.07, 6.45) is 3.39. The van der Waals surface area contributed by atoms with Gasteiger partial charge in [0.2, 0.25) is 5.91 Å². The van der Waals surface area contributed by atoms with E-state index >= 15 is 0 Å². The van der Waals surface area contributed by atoms with E-state index in [0.717, 1.165) is 24.2 Å². The minimum absolute atomic E-state index is 0.0837. The number of fused-ring (bicyclic) bond motifs is 1. The summed E-state index contributed by atoms with van der Waals surface area (Å²) < 4.78 is 0. The summed E-state index contributed by atoms with van der Waals surface area (Å²) in [6, 6.07) is 13.6. The predicted molar refractivity (Wildman–Crippen MR) is 103 cm³/mol. The van der Waals surface area contributed by atoms with E-state index in [1.807, 2.05) is 0 Å². The van der Waals surface area contributed by atoms with E-state index in [1.165, 1.54) is 0 Å². The average molecular weight is 363 g/mol. The van der Waals surface area contributed by atoms with Crippen molar-refractivity contribution in [1.29, 1.82) is 0 Å². The van der Waals surface area contributed by atoms with Gasteiger partial charge in [0, 0.05) is 18.2 Å². The Morgan fingerprint density at radius 2 is 1.74 bits per heavy atom. The molecule has 1 aliphatic heterocycles. The van der Waals surface area contributed by atoms with Crippen LogP contribution < -0.4 is 16.0 Å². The van der Waals surface area contributed by atoms with E-state index in [4.69, 9.17) is 5.73 Å². The number of anilines is 2.